The van der Waals surface area contributed by atoms with Crippen LogP contribution in [0.2, 0.25) is 0 Å². The van der Waals surface area contributed by atoms with E-state index in [9.17, 15) is 0 Å². The second kappa shape index (κ2) is 15.9. The molecule has 0 aliphatic heterocycles. The van der Waals surface area contributed by atoms with Crippen LogP contribution in [-0.4, -0.2) is 4.98 Å². The van der Waals surface area contributed by atoms with Gasteiger partial charge in [-0.25, -0.2) is 0 Å². The highest BCUT2D eigenvalue weighted by molar-refractivity contribution is 7.15. The molecule has 0 aliphatic rings. The molecule has 0 N–H and O–H groups in total. The van der Waals surface area contributed by atoms with Crippen LogP contribution >= 0.6 is 11.3 Å². The summed E-state index contributed by atoms with van der Waals surface area (Å²) in [6, 6.07) is 10.2. The molecule has 2 heteroatoms. The minimum Gasteiger partial charge on any atom is -0.255 e. The Hall–Kier alpha value is -1.15. The summed E-state index contributed by atoms with van der Waals surface area (Å²) in [6.45, 7) is 14.5. The summed E-state index contributed by atoms with van der Waals surface area (Å²) in [5, 5.41) is 0. The molecule has 20 heavy (non-hydrogen) atoms. The first-order chi connectivity index (χ1) is 9.77. The van der Waals surface area contributed by atoms with E-state index in [1.807, 2.05) is 52.1 Å². The van der Waals surface area contributed by atoms with Gasteiger partial charge in [-0.3, -0.25) is 4.98 Å². The normalized spacial score (nSPS) is 8.15. The molecule has 0 aliphatic carbocycles. The third-order valence-corrected chi connectivity index (χ3v) is 3.18. The topological polar surface area (TPSA) is 12.9 Å². The van der Waals surface area contributed by atoms with Crippen molar-refractivity contribution in [3.63, 3.8) is 0 Å². The number of pyridine rings is 1. The van der Waals surface area contributed by atoms with Crippen molar-refractivity contribution < 1.29 is 0 Å². The predicted octanol–water partition coefficient (Wildman–Crippen LogP) is 6.98. The van der Waals surface area contributed by atoms with Crippen LogP contribution in [0.15, 0.2) is 36.5 Å². The second-order valence-electron chi connectivity index (χ2n) is 3.63. The summed E-state index contributed by atoms with van der Waals surface area (Å²) in [6.07, 6.45) is 4.46. The van der Waals surface area contributed by atoms with E-state index < -0.39 is 0 Å². The minimum absolute atomic E-state index is 1.07. The van der Waals surface area contributed by atoms with E-state index in [-0.39, 0.29) is 0 Å². The molecule has 2 heterocycles. The van der Waals surface area contributed by atoms with Crippen LogP contribution in [0.3, 0.4) is 0 Å². The Morgan fingerprint density at radius 3 is 1.85 bits per heavy atom. The molecule has 2 aromatic heterocycles. The maximum Gasteiger partial charge on any atom is 0.0801 e. The maximum absolute atomic E-state index is 4.27. The van der Waals surface area contributed by atoms with Gasteiger partial charge in [-0.15, -0.1) is 11.3 Å². The average Bonchev–Trinajstić information content (AvgIpc) is 2.99. The number of nitrogens with zero attached hydrogens (tertiary/aromatic N) is 1. The first-order valence-corrected chi connectivity index (χ1v) is 8.57. The van der Waals surface area contributed by atoms with Crippen molar-refractivity contribution in [1.29, 1.82) is 0 Å². The van der Waals surface area contributed by atoms with Gasteiger partial charge in [0.1, 0.15) is 0 Å². The van der Waals surface area contributed by atoms with Gasteiger partial charge in [0.25, 0.3) is 0 Å². The molecule has 0 unspecified atom stereocenters. The molecule has 114 valence electrons. The average molecular weight is 294 g/mol. The van der Waals surface area contributed by atoms with E-state index in [2.05, 4.69) is 37.9 Å². The van der Waals surface area contributed by atoms with E-state index in [1.54, 1.807) is 11.3 Å². The first-order valence-electron chi connectivity index (χ1n) is 7.75. The Balaban J connectivity index is 0. The fourth-order valence-corrected chi connectivity index (χ4v) is 1.93. The molecule has 2 rings (SSSR count). The van der Waals surface area contributed by atoms with Crippen LogP contribution in [0.4, 0.5) is 0 Å². The van der Waals surface area contributed by atoms with Gasteiger partial charge in [-0.2, -0.15) is 0 Å². The van der Waals surface area contributed by atoms with Crippen molar-refractivity contribution in [1.82, 2.24) is 4.98 Å². The quantitative estimate of drug-likeness (QED) is 0.582. The summed E-state index contributed by atoms with van der Waals surface area (Å²) in [5.74, 6) is 0. The van der Waals surface area contributed by atoms with Crippen LogP contribution < -0.4 is 0 Å². The van der Waals surface area contributed by atoms with Crippen molar-refractivity contribution in [3.8, 4) is 10.6 Å². The molecule has 0 radical (unpaired) electrons. The lowest BCUT2D eigenvalue weighted by Crippen LogP contribution is -1.75. The van der Waals surface area contributed by atoms with Crippen LogP contribution in [0.1, 0.15) is 59.3 Å². The predicted molar refractivity (Wildman–Crippen MR) is 95.6 cm³/mol. The monoisotopic (exact) mass is 293 g/mol. The Morgan fingerprint density at radius 2 is 1.50 bits per heavy atom. The molecule has 0 aromatic carbocycles. The van der Waals surface area contributed by atoms with Gasteiger partial charge < -0.3 is 0 Å². The Kier molecular flexibility index (Phi) is 16.8. The number of thiophene rings is 1. The van der Waals surface area contributed by atoms with Crippen LogP contribution in [0.5, 0.6) is 0 Å². The molecule has 1 nitrogen and oxygen atoms in total. The maximum atomic E-state index is 4.27. The highest BCUT2D eigenvalue weighted by Gasteiger charge is 1.99. The SMILES string of the molecule is CC.CC.CCCC.Cc1ccc(-c2ccccn2)s1. The first kappa shape index (κ1) is 21.2. The number of hydrogen-bond acceptors (Lipinski definition) is 2. The number of unbranched alkanes of at least 4 members (excludes halogenated alkanes) is 1. The summed E-state index contributed by atoms with van der Waals surface area (Å²) < 4.78 is 0. The lowest BCUT2D eigenvalue weighted by molar-refractivity contribution is 0.886. The van der Waals surface area contributed by atoms with Crippen LogP contribution in [0.25, 0.3) is 10.6 Å². The Labute approximate surface area is 130 Å². The largest absolute Gasteiger partial charge is 0.255 e. The molecular formula is C18H31NS. The Morgan fingerprint density at radius 1 is 0.900 bits per heavy atom. The highest BCUT2D eigenvalue weighted by Crippen LogP contribution is 2.25. The van der Waals surface area contributed by atoms with Gasteiger partial charge in [-0.1, -0.05) is 60.5 Å². The molecule has 0 amide bonds. The van der Waals surface area contributed by atoms with E-state index in [0.29, 0.717) is 0 Å². The third-order valence-electron chi connectivity index (χ3n) is 2.16. The lowest BCUT2D eigenvalue weighted by Gasteiger charge is -1.92. The lowest BCUT2D eigenvalue weighted by atomic mass is 10.3. The molecule has 0 saturated carbocycles. The van der Waals surface area contributed by atoms with Crippen molar-refractivity contribution in [2.75, 3.05) is 0 Å². The molecule has 0 bridgehead atoms. The second-order valence-corrected chi connectivity index (χ2v) is 4.91. The zero-order valence-corrected chi connectivity index (χ0v) is 15.1. The van der Waals surface area contributed by atoms with E-state index >= 15 is 0 Å². The van der Waals surface area contributed by atoms with E-state index in [0.717, 1.165) is 5.69 Å². The molecule has 2 aromatic rings. The van der Waals surface area contributed by atoms with Gasteiger partial charge in [0.2, 0.25) is 0 Å². The smallest absolute Gasteiger partial charge is 0.0801 e. The summed E-state index contributed by atoms with van der Waals surface area (Å²) in [4.78, 5) is 6.85. The Bertz CT molecular complexity index is 391. The molecule has 0 saturated heterocycles. The standard InChI is InChI=1S/C10H9NS.C4H10.2C2H6/c1-8-5-6-10(12-8)9-4-2-3-7-11-9;1-3-4-2;2*1-2/h2-7H,1H3;3-4H2,1-2H3;2*1-2H3. The van der Waals surface area contributed by atoms with Crippen LogP contribution in [-0.2, 0) is 0 Å². The van der Waals surface area contributed by atoms with Crippen molar-refractivity contribution >= 4 is 11.3 Å². The van der Waals surface area contributed by atoms with Gasteiger partial charge in [0.05, 0.1) is 10.6 Å². The third kappa shape index (κ3) is 9.74. The number of hydrogen-bond donors (Lipinski definition) is 0. The molecular weight excluding hydrogens is 262 g/mol. The molecule has 0 atom stereocenters. The molecule has 0 fully saturated rings. The number of aromatic nitrogens is 1. The van der Waals surface area contributed by atoms with Crippen molar-refractivity contribution in [2.45, 2.75) is 61.3 Å². The van der Waals surface area contributed by atoms with Gasteiger partial charge in [0, 0.05) is 11.1 Å². The van der Waals surface area contributed by atoms with Crippen molar-refractivity contribution in [2.24, 2.45) is 0 Å². The summed E-state index contributed by atoms with van der Waals surface area (Å²) in [5.41, 5.74) is 1.07. The summed E-state index contributed by atoms with van der Waals surface area (Å²) in [7, 11) is 0. The van der Waals surface area contributed by atoms with E-state index in [4.69, 9.17) is 0 Å². The number of rotatable bonds is 2. The minimum atomic E-state index is 1.07. The van der Waals surface area contributed by atoms with Gasteiger partial charge >= 0.3 is 0 Å². The number of aryl methyl sites for hydroxylation is 1. The van der Waals surface area contributed by atoms with Gasteiger partial charge in [-0.05, 0) is 31.2 Å². The fraction of sp³-hybridized carbons (Fsp3) is 0.500. The van der Waals surface area contributed by atoms with Gasteiger partial charge in [0.15, 0.2) is 0 Å². The highest BCUT2D eigenvalue weighted by atomic mass is 32.1. The molecule has 0 spiro atoms. The zero-order valence-electron chi connectivity index (χ0n) is 14.2. The van der Waals surface area contributed by atoms with Crippen molar-refractivity contribution in [3.05, 3.63) is 41.4 Å². The fourth-order valence-electron chi connectivity index (χ4n) is 1.08. The zero-order chi connectivity index (χ0) is 15.8. The summed E-state index contributed by atoms with van der Waals surface area (Å²) >= 11 is 1.78. The van der Waals surface area contributed by atoms with Crippen LogP contribution in [0, 0.1) is 6.92 Å². The van der Waals surface area contributed by atoms with E-state index in [1.165, 1.54) is 22.6 Å².